The first-order chi connectivity index (χ1) is 13.2. The third-order valence-corrected chi connectivity index (χ3v) is 10.7. The molecule has 6 nitrogen and oxygen atoms in total. The SMILES string of the molecule is Cc1ncc2n1NC1=C([S@@](=O)C3CCC3)SC3NC(c4nccs4)CC2C13. The second kappa shape index (κ2) is 6.17. The van der Waals surface area contributed by atoms with E-state index in [1.54, 1.807) is 23.1 Å². The van der Waals surface area contributed by atoms with Crippen LogP contribution in [0.3, 0.4) is 0 Å². The van der Waals surface area contributed by atoms with Gasteiger partial charge in [0.2, 0.25) is 0 Å². The van der Waals surface area contributed by atoms with Crippen LogP contribution in [0.4, 0.5) is 0 Å². The van der Waals surface area contributed by atoms with Gasteiger partial charge in [-0.3, -0.25) is 15.0 Å². The first kappa shape index (κ1) is 16.8. The van der Waals surface area contributed by atoms with Gasteiger partial charge in [-0.2, -0.15) is 0 Å². The van der Waals surface area contributed by atoms with Crippen LogP contribution < -0.4 is 10.7 Å². The molecule has 3 aliphatic heterocycles. The molecule has 2 N–H and O–H groups in total. The summed E-state index contributed by atoms with van der Waals surface area (Å²) >= 11 is 3.50. The molecule has 5 heterocycles. The Bertz CT molecular complexity index is 948. The van der Waals surface area contributed by atoms with Crippen molar-refractivity contribution in [1.82, 2.24) is 20.0 Å². The molecule has 6 rings (SSSR count). The third kappa shape index (κ3) is 2.44. The molecule has 142 valence electrons. The highest BCUT2D eigenvalue weighted by Gasteiger charge is 2.52. The van der Waals surface area contributed by atoms with Crippen molar-refractivity contribution in [3.63, 3.8) is 0 Å². The number of hydrogen-bond donors (Lipinski definition) is 2. The zero-order chi connectivity index (χ0) is 18.1. The van der Waals surface area contributed by atoms with E-state index in [2.05, 4.69) is 25.4 Å². The number of aromatic nitrogens is 3. The monoisotopic (exact) mass is 419 g/mol. The molecule has 0 radical (unpaired) electrons. The van der Waals surface area contributed by atoms with Crippen LogP contribution in [0, 0.1) is 12.8 Å². The fourth-order valence-electron chi connectivity index (χ4n) is 4.64. The summed E-state index contributed by atoms with van der Waals surface area (Å²) in [4.78, 5) is 9.12. The third-order valence-electron chi connectivity index (χ3n) is 6.27. The molecule has 4 aliphatic rings. The standard InChI is InChI=1S/C18H21N5OS3/c1-9-20-8-13-11-7-12(16-19-5-6-25-16)21-17-14(11)15(22-23(9)13)18(26-17)27(24)10-3-2-4-10/h5-6,8,10-12,14,17,21-22H,2-4,7H2,1H3/t11?,12?,14?,17?,27-/m0/s1. The smallest absolute Gasteiger partial charge is 0.124 e. The normalized spacial score (nSPS) is 33.2. The molecule has 5 atom stereocenters. The van der Waals surface area contributed by atoms with Crippen LogP contribution in [0.15, 0.2) is 27.7 Å². The van der Waals surface area contributed by atoms with Crippen LogP contribution in [-0.4, -0.2) is 29.5 Å². The summed E-state index contributed by atoms with van der Waals surface area (Å²) in [5.41, 5.74) is 5.99. The summed E-state index contributed by atoms with van der Waals surface area (Å²) in [7, 11) is -0.907. The molecule has 0 spiro atoms. The average Bonchev–Trinajstić information content (AvgIpc) is 3.34. The number of hydrogen-bond acceptors (Lipinski definition) is 7. The molecular formula is C18H21N5OS3. The first-order valence-corrected chi connectivity index (χ1v) is 12.5. The van der Waals surface area contributed by atoms with Gasteiger partial charge in [-0.05, 0) is 26.2 Å². The summed E-state index contributed by atoms with van der Waals surface area (Å²) in [6.07, 6.45) is 8.28. The number of aryl methyl sites for hydroxylation is 1. The molecule has 2 fully saturated rings. The summed E-state index contributed by atoms with van der Waals surface area (Å²) in [5.74, 6) is 1.65. The van der Waals surface area contributed by atoms with E-state index in [-0.39, 0.29) is 11.4 Å². The Kier molecular flexibility index (Phi) is 3.83. The number of piperidine rings is 1. The lowest BCUT2D eigenvalue weighted by molar-refractivity contribution is 0.265. The molecule has 1 saturated carbocycles. The summed E-state index contributed by atoms with van der Waals surface area (Å²) in [6.45, 7) is 2.03. The first-order valence-electron chi connectivity index (χ1n) is 9.49. The molecule has 2 aromatic rings. The van der Waals surface area contributed by atoms with Crippen molar-refractivity contribution in [3.05, 3.63) is 44.2 Å². The van der Waals surface area contributed by atoms with Crippen LogP contribution in [-0.2, 0) is 10.8 Å². The Morgan fingerprint density at radius 1 is 1.33 bits per heavy atom. The number of fused-ring (bicyclic) bond motifs is 2. The molecule has 1 aliphatic carbocycles. The zero-order valence-corrected chi connectivity index (χ0v) is 17.4. The van der Waals surface area contributed by atoms with Gasteiger partial charge in [0.15, 0.2) is 0 Å². The van der Waals surface area contributed by atoms with Crippen LogP contribution in [0.2, 0.25) is 0 Å². The maximum absolute atomic E-state index is 13.2. The molecule has 4 unspecified atom stereocenters. The van der Waals surface area contributed by atoms with Gasteiger partial charge < -0.3 is 0 Å². The number of rotatable bonds is 3. The van der Waals surface area contributed by atoms with Gasteiger partial charge in [-0.15, -0.1) is 11.3 Å². The number of thiazole rings is 1. The van der Waals surface area contributed by atoms with Gasteiger partial charge >= 0.3 is 0 Å². The van der Waals surface area contributed by atoms with Gasteiger partial charge in [0, 0.05) is 28.7 Å². The fourth-order valence-corrected chi connectivity index (χ4v) is 9.16. The second-order valence-electron chi connectivity index (χ2n) is 7.72. The summed E-state index contributed by atoms with van der Waals surface area (Å²) in [5, 5.41) is 7.57. The molecule has 0 aromatic carbocycles. The van der Waals surface area contributed by atoms with Crippen LogP contribution in [0.5, 0.6) is 0 Å². The lowest BCUT2D eigenvalue weighted by Gasteiger charge is -2.42. The Labute approximate surface area is 168 Å². The Morgan fingerprint density at radius 2 is 2.22 bits per heavy atom. The number of nitrogens with one attached hydrogen (secondary N) is 2. The highest BCUT2D eigenvalue weighted by Crippen LogP contribution is 2.56. The quantitative estimate of drug-likeness (QED) is 0.796. The fraction of sp³-hybridized carbons (Fsp3) is 0.556. The van der Waals surface area contributed by atoms with Crippen molar-refractivity contribution in [3.8, 4) is 0 Å². The number of thioether (sulfide) groups is 1. The van der Waals surface area contributed by atoms with Crippen molar-refractivity contribution >= 4 is 33.9 Å². The van der Waals surface area contributed by atoms with E-state index in [4.69, 9.17) is 0 Å². The van der Waals surface area contributed by atoms with Gasteiger partial charge in [0.25, 0.3) is 0 Å². The van der Waals surface area contributed by atoms with Crippen molar-refractivity contribution in [1.29, 1.82) is 0 Å². The highest BCUT2D eigenvalue weighted by atomic mass is 32.2. The topological polar surface area (TPSA) is 71.8 Å². The number of nitrogens with zero attached hydrogens (tertiary/aromatic N) is 3. The molecule has 1 saturated heterocycles. The predicted molar refractivity (Wildman–Crippen MR) is 109 cm³/mol. The molecule has 2 aromatic heterocycles. The van der Waals surface area contributed by atoms with Gasteiger partial charge in [-0.1, -0.05) is 18.2 Å². The van der Waals surface area contributed by atoms with Gasteiger partial charge in [0.1, 0.15) is 10.8 Å². The van der Waals surface area contributed by atoms with E-state index < -0.39 is 10.8 Å². The molecule has 0 bridgehead atoms. The van der Waals surface area contributed by atoms with Crippen LogP contribution >= 0.6 is 23.1 Å². The largest absolute Gasteiger partial charge is 0.295 e. The summed E-state index contributed by atoms with van der Waals surface area (Å²) in [6, 6.07) is 0.239. The van der Waals surface area contributed by atoms with E-state index in [0.29, 0.717) is 17.1 Å². The second-order valence-corrected chi connectivity index (χ2v) is 11.7. The van der Waals surface area contributed by atoms with Crippen molar-refractivity contribution in [2.45, 2.75) is 55.2 Å². The average molecular weight is 420 g/mol. The van der Waals surface area contributed by atoms with Crippen molar-refractivity contribution in [2.75, 3.05) is 5.43 Å². The van der Waals surface area contributed by atoms with E-state index in [1.165, 1.54) is 17.8 Å². The summed E-state index contributed by atoms with van der Waals surface area (Å²) < 4.78 is 16.4. The molecule has 0 amide bonds. The van der Waals surface area contributed by atoms with Crippen molar-refractivity contribution in [2.24, 2.45) is 5.92 Å². The van der Waals surface area contributed by atoms with Gasteiger partial charge in [0.05, 0.1) is 44.0 Å². The lowest BCUT2D eigenvalue weighted by Crippen LogP contribution is -2.48. The molecular weight excluding hydrogens is 398 g/mol. The maximum atomic E-state index is 13.2. The predicted octanol–water partition coefficient (Wildman–Crippen LogP) is 3.18. The van der Waals surface area contributed by atoms with Crippen LogP contribution in [0.25, 0.3) is 0 Å². The van der Waals surface area contributed by atoms with E-state index in [9.17, 15) is 4.21 Å². The molecule has 9 heteroatoms. The Hall–Kier alpha value is -1.16. The van der Waals surface area contributed by atoms with Crippen LogP contribution in [0.1, 0.15) is 54.2 Å². The number of imidazole rings is 1. The Balaban J connectivity index is 1.44. The van der Waals surface area contributed by atoms with E-state index in [1.807, 2.05) is 24.7 Å². The lowest BCUT2D eigenvalue weighted by atomic mass is 9.78. The highest BCUT2D eigenvalue weighted by molar-refractivity contribution is 8.17. The van der Waals surface area contributed by atoms with E-state index >= 15 is 0 Å². The van der Waals surface area contributed by atoms with Crippen molar-refractivity contribution < 1.29 is 4.21 Å². The molecule has 27 heavy (non-hydrogen) atoms. The zero-order valence-electron chi connectivity index (χ0n) is 14.9. The Morgan fingerprint density at radius 3 is 2.96 bits per heavy atom. The van der Waals surface area contributed by atoms with E-state index in [0.717, 1.165) is 34.3 Å². The minimum absolute atomic E-state index is 0.239. The van der Waals surface area contributed by atoms with Gasteiger partial charge in [-0.25, -0.2) is 14.6 Å². The minimum Gasteiger partial charge on any atom is -0.295 e. The minimum atomic E-state index is -0.907. The maximum Gasteiger partial charge on any atom is 0.124 e.